The van der Waals surface area contributed by atoms with E-state index in [0.29, 0.717) is 17.0 Å². The van der Waals surface area contributed by atoms with Crippen LogP contribution in [-0.4, -0.2) is 35.1 Å². The summed E-state index contributed by atoms with van der Waals surface area (Å²) in [6, 6.07) is 3.94. The van der Waals surface area contributed by atoms with Gasteiger partial charge in [-0.25, -0.2) is 13.4 Å². The molecule has 1 unspecified atom stereocenters. The highest BCUT2D eigenvalue weighted by molar-refractivity contribution is 7.94. The molecule has 0 amide bonds. The summed E-state index contributed by atoms with van der Waals surface area (Å²) in [7, 11) is -3.14. The summed E-state index contributed by atoms with van der Waals surface area (Å²) in [6.07, 6.45) is 1.55. The molecule has 1 aromatic heterocycles. The highest BCUT2D eigenvalue weighted by atomic mass is 32.2. The molecule has 3 rings (SSSR count). The lowest BCUT2D eigenvalue weighted by Gasteiger charge is -2.07. The van der Waals surface area contributed by atoms with Crippen molar-refractivity contribution in [2.24, 2.45) is 0 Å². The summed E-state index contributed by atoms with van der Waals surface area (Å²) < 4.78 is 22.6. The van der Waals surface area contributed by atoms with Gasteiger partial charge in [0.1, 0.15) is 0 Å². The van der Waals surface area contributed by atoms with Gasteiger partial charge in [-0.2, -0.15) is 0 Å². The number of non-ortho nitro benzene ring substituents is 1. The van der Waals surface area contributed by atoms with Gasteiger partial charge in [0.15, 0.2) is 9.84 Å². The van der Waals surface area contributed by atoms with Crippen LogP contribution in [0.3, 0.4) is 0 Å². The van der Waals surface area contributed by atoms with Crippen molar-refractivity contribution in [3.63, 3.8) is 0 Å². The fourth-order valence-electron chi connectivity index (χ4n) is 2.02. The molecule has 0 saturated carbocycles. The molecule has 0 fully saturated rings. The Bertz CT molecular complexity index is 824. The summed E-state index contributed by atoms with van der Waals surface area (Å²) in [5.41, 5.74) is 1.06. The van der Waals surface area contributed by atoms with Gasteiger partial charge in [0, 0.05) is 17.5 Å². The molecule has 2 N–H and O–H groups in total. The lowest BCUT2D eigenvalue weighted by atomic mass is 10.3. The van der Waals surface area contributed by atoms with E-state index in [0.717, 1.165) is 5.41 Å². The number of nitro groups is 1. The van der Waals surface area contributed by atoms with Crippen molar-refractivity contribution in [2.75, 3.05) is 11.1 Å². The highest BCUT2D eigenvalue weighted by Gasteiger charge is 2.22. The zero-order chi connectivity index (χ0) is 14.3. The second kappa shape index (κ2) is 4.30. The van der Waals surface area contributed by atoms with E-state index in [2.05, 4.69) is 15.3 Å². The van der Waals surface area contributed by atoms with Gasteiger partial charge in [-0.15, -0.1) is 0 Å². The first kappa shape index (κ1) is 12.6. The van der Waals surface area contributed by atoms with Crippen molar-refractivity contribution in [1.29, 1.82) is 0 Å². The lowest BCUT2D eigenvalue weighted by molar-refractivity contribution is -0.384. The Morgan fingerprint density at radius 2 is 2.25 bits per heavy atom. The Kier molecular flexibility index (Phi) is 2.71. The molecule has 8 nitrogen and oxygen atoms in total. The lowest BCUT2D eigenvalue weighted by Crippen LogP contribution is -2.21. The van der Waals surface area contributed by atoms with Gasteiger partial charge in [-0.05, 0) is 12.1 Å². The second-order valence-corrected chi connectivity index (χ2v) is 6.38. The summed E-state index contributed by atoms with van der Waals surface area (Å²) in [5.74, 6) is 0.358. The Hall–Kier alpha value is -2.42. The van der Waals surface area contributed by atoms with Crippen LogP contribution in [0.5, 0.6) is 0 Å². The van der Waals surface area contributed by atoms with Crippen molar-refractivity contribution in [1.82, 2.24) is 9.97 Å². The molecule has 0 saturated heterocycles. The molecule has 104 valence electrons. The molecule has 1 aliphatic heterocycles. The SMILES string of the molecule is O=[N+]([O-])c1ccc2nc(NC3C=CS(=O)(=O)C3)[nH]c2c1. The number of fused-ring (bicyclic) bond motifs is 1. The Morgan fingerprint density at radius 1 is 1.45 bits per heavy atom. The predicted molar refractivity (Wildman–Crippen MR) is 73.1 cm³/mol. The van der Waals surface area contributed by atoms with Gasteiger partial charge in [0.05, 0.1) is 27.8 Å². The number of aromatic amines is 1. The van der Waals surface area contributed by atoms with Gasteiger partial charge in [-0.1, -0.05) is 0 Å². The van der Waals surface area contributed by atoms with Crippen LogP contribution in [-0.2, 0) is 9.84 Å². The first-order chi connectivity index (χ1) is 9.43. The number of aromatic nitrogens is 2. The van der Waals surface area contributed by atoms with E-state index in [4.69, 9.17) is 0 Å². The molecule has 2 heterocycles. The summed E-state index contributed by atoms with van der Waals surface area (Å²) in [6.45, 7) is 0. The standard InChI is InChI=1S/C11H10N4O4S/c16-15(17)8-1-2-9-10(5-8)14-11(13-9)12-7-3-4-20(18,19)6-7/h1-5,7H,6H2,(H2,12,13,14). The average Bonchev–Trinajstić information content (AvgIpc) is 2.91. The van der Waals surface area contributed by atoms with Gasteiger partial charge < -0.3 is 10.3 Å². The van der Waals surface area contributed by atoms with Crippen molar-refractivity contribution in [3.8, 4) is 0 Å². The smallest absolute Gasteiger partial charge is 0.271 e. The molecule has 20 heavy (non-hydrogen) atoms. The normalized spacial score (nSPS) is 20.3. The predicted octanol–water partition coefficient (Wildman–Crippen LogP) is 1.19. The van der Waals surface area contributed by atoms with Crippen molar-refractivity contribution < 1.29 is 13.3 Å². The van der Waals surface area contributed by atoms with E-state index in [-0.39, 0.29) is 17.5 Å². The number of sulfone groups is 1. The third-order valence-corrected chi connectivity index (χ3v) is 4.32. The van der Waals surface area contributed by atoms with Crippen LogP contribution in [0.25, 0.3) is 11.0 Å². The fraction of sp³-hybridized carbons (Fsp3) is 0.182. The van der Waals surface area contributed by atoms with Gasteiger partial charge >= 0.3 is 0 Å². The molecule has 1 aromatic carbocycles. The van der Waals surface area contributed by atoms with Crippen LogP contribution in [0.15, 0.2) is 29.7 Å². The van der Waals surface area contributed by atoms with Crippen LogP contribution in [0, 0.1) is 10.1 Å². The number of anilines is 1. The van der Waals surface area contributed by atoms with Crippen LogP contribution in [0.4, 0.5) is 11.6 Å². The first-order valence-electron chi connectivity index (χ1n) is 5.75. The molecule has 1 aliphatic rings. The number of rotatable bonds is 3. The van der Waals surface area contributed by atoms with Crippen molar-refractivity contribution in [3.05, 3.63) is 39.8 Å². The molecular formula is C11H10N4O4S. The number of hydrogen-bond acceptors (Lipinski definition) is 6. The van der Waals surface area contributed by atoms with E-state index in [1.165, 1.54) is 18.2 Å². The van der Waals surface area contributed by atoms with E-state index in [9.17, 15) is 18.5 Å². The van der Waals surface area contributed by atoms with E-state index in [1.807, 2.05) is 0 Å². The number of imidazole rings is 1. The topological polar surface area (TPSA) is 118 Å². The van der Waals surface area contributed by atoms with E-state index >= 15 is 0 Å². The molecular weight excluding hydrogens is 284 g/mol. The number of nitrogens with one attached hydrogen (secondary N) is 2. The Balaban J connectivity index is 1.86. The average molecular weight is 294 g/mol. The number of nitro benzene ring substituents is 1. The summed E-state index contributed by atoms with van der Waals surface area (Å²) in [5, 5.41) is 14.8. The van der Waals surface area contributed by atoms with Crippen molar-refractivity contribution in [2.45, 2.75) is 6.04 Å². The quantitative estimate of drug-likeness (QED) is 0.648. The number of nitrogens with zero attached hydrogens (tertiary/aromatic N) is 2. The zero-order valence-electron chi connectivity index (χ0n) is 10.1. The molecule has 0 aliphatic carbocycles. The third-order valence-electron chi connectivity index (χ3n) is 2.93. The van der Waals surface area contributed by atoms with Gasteiger partial charge in [-0.3, -0.25) is 10.1 Å². The van der Waals surface area contributed by atoms with Crippen LogP contribution in [0.1, 0.15) is 0 Å². The molecule has 2 aromatic rings. The highest BCUT2D eigenvalue weighted by Crippen LogP contribution is 2.21. The second-order valence-electron chi connectivity index (χ2n) is 4.45. The number of H-pyrrole nitrogens is 1. The third kappa shape index (κ3) is 2.35. The monoisotopic (exact) mass is 294 g/mol. The molecule has 1 atom stereocenters. The van der Waals surface area contributed by atoms with Crippen LogP contribution in [0.2, 0.25) is 0 Å². The molecule has 0 spiro atoms. The van der Waals surface area contributed by atoms with Crippen molar-refractivity contribution >= 4 is 32.5 Å². The van der Waals surface area contributed by atoms with Crippen LogP contribution >= 0.6 is 0 Å². The minimum absolute atomic E-state index is 0.0236. The summed E-state index contributed by atoms with van der Waals surface area (Å²) in [4.78, 5) is 17.3. The maximum Gasteiger partial charge on any atom is 0.271 e. The minimum atomic E-state index is -3.14. The van der Waals surface area contributed by atoms with E-state index in [1.54, 1.807) is 6.08 Å². The van der Waals surface area contributed by atoms with Gasteiger partial charge in [0.2, 0.25) is 5.95 Å². The largest absolute Gasteiger partial charge is 0.349 e. The Labute approximate surface area is 113 Å². The maximum atomic E-state index is 11.3. The van der Waals surface area contributed by atoms with Crippen LogP contribution < -0.4 is 5.32 Å². The molecule has 0 bridgehead atoms. The number of benzene rings is 1. The Morgan fingerprint density at radius 3 is 2.90 bits per heavy atom. The zero-order valence-corrected chi connectivity index (χ0v) is 10.9. The fourth-order valence-corrected chi connectivity index (χ4v) is 3.26. The maximum absolute atomic E-state index is 11.3. The molecule has 0 radical (unpaired) electrons. The first-order valence-corrected chi connectivity index (χ1v) is 7.46. The minimum Gasteiger partial charge on any atom is -0.349 e. The van der Waals surface area contributed by atoms with Gasteiger partial charge in [0.25, 0.3) is 5.69 Å². The number of hydrogen-bond donors (Lipinski definition) is 2. The summed E-state index contributed by atoms with van der Waals surface area (Å²) >= 11 is 0. The molecule has 9 heteroatoms. The van der Waals surface area contributed by atoms with E-state index < -0.39 is 14.8 Å².